The highest BCUT2D eigenvalue weighted by molar-refractivity contribution is 5.42. The van der Waals surface area contributed by atoms with Crippen LogP contribution in [0.15, 0.2) is 44.7 Å². The third-order valence-electron chi connectivity index (χ3n) is 4.07. The average Bonchev–Trinajstić information content (AvgIpc) is 2.43. The summed E-state index contributed by atoms with van der Waals surface area (Å²) in [6, 6.07) is -2.28. The fourth-order valence-corrected chi connectivity index (χ4v) is 2.83. The predicted octanol–water partition coefficient (Wildman–Crippen LogP) is 0.307. The average molecular weight is 293 g/mol. The van der Waals surface area contributed by atoms with Crippen molar-refractivity contribution in [2.24, 2.45) is 10.2 Å². The Morgan fingerprint density at radius 1 is 1.33 bits per heavy atom. The highest BCUT2D eigenvalue weighted by Gasteiger charge is 2.46. The Kier molecular flexibility index (Phi) is 2.94. The summed E-state index contributed by atoms with van der Waals surface area (Å²) in [6.07, 6.45) is 0.644. The third kappa shape index (κ3) is 1.97. The zero-order chi connectivity index (χ0) is 15.3. The van der Waals surface area contributed by atoms with Gasteiger partial charge >= 0.3 is 0 Å². The van der Waals surface area contributed by atoms with Crippen molar-refractivity contribution in [1.82, 2.24) is 10.6 Å². The lowest BCUT2D eigenvalue weighted by Crippen LogP contribution is -2.61. The van der Waals surface area contributed by atoms with Gasteiger partial charge in [-0.3, -0.25) is 10.1 Å². The van der Waals surface area contributed by atoms with Crippen LogP contribution in [0, 0.1) is 10.1 Å². The van der Waals surface area contributed by atoms with Crippen molar-refractivity contribution >= 4 is 0 Å². The monoisotopic (exact) mass is 293 g/mol. The number of fused-ring (bicyclic) bond motifs is 2. The summed E-state index contributed by atoms with van der Waals surface area (Å²) >= 11 is 0. The second kappa shape index (κ2) is 4.55. The van der Waals surface area contributed by atoms with Crippen molar-refractivity contribution in [2.45, 2.75) is 38.2 Å². The smallest absolute Gasteiger partial charge is 0.259 e. The fourth-order valence-electron chi connectivity index (χ4n) is 2.83. The molecule has 112 valence electrons. The summed E-state index contributed by atoms with van der Waals surface area (Å²) in [7, 11) is 0. The van der Waals surface area contributed by atoms with Gasteiger partial charge in [-0.25, -0.2) is 0 Å². The largest absolute Gasteiger partial charge is 0.491 e. The molecule has 0 aromatic rings. The first kappa shape index (κ1) is 13.6. The molecule has 9 heteroatoms. The number of hydrogen-bond donors (Lipinski definition) is 4. The second-order valence-electron chi connectivity index (χ2n) is 5.31. The molecule has 1 fully saturated rings. The minimum absolute atomic E-state index is 0.221. The van der Waals surface area contributed by atoms with Gasteiger partial charge in [-0.1, -0.05) is 0 Å². The van der Waals surface area contributed by atoms with Crippen LogP contribution in [0.5, 0.6) is 0 Å². The molecule has 0 radical (unpaired) electrons. The summed E-state index contributed by atoms with van der Waals surface area (Å²) in [5, 5.41) is 43.9. The third-order valence-corrected chi connectivity index (χ3v) is 4.07. The highest BCUT2D eigenvalue weighted by Crippen LogP contribution is 2.32. The van der Waals surface area contributed by atoms with E-state index in [9.17, 15) is 20.3 Å². The molecule has 0 aromatic carbocycles. The first-order valence-corrected chi connectivity index (χ1v) is 6.47. The molecule has 0 aromatic heterocycles. The molecule has 1 saturated heterocycles. The predicted molar refractivity (Wildman–Crippen MR) is 71.6 cm³/mol. The summed E-state index contributed by atoms with van der Waals surface area (Å²) in [5.74, 6) is -0.372. The van der Waals surface area contributed by atoms with E-state index in [0.717, 1.165) is 5.57 Å². The van der Waals surface area contributed by atoms with E-state index in [1.807, 2.05) is 0 Å². The number of aliphatic hydroxyl groups is 2. The fraction of sp³-hybridized carbons (Fsp3) is 0.500. The maximum absolute atomic E-state index is 11.4. The molecule has 0 saturated carbocycles. The molecule has 9 nitrogen and oxygen atoms in total. The van der Waals surface area contributed by atoms with Crippen LogP contribution in [-0.4, -0.2) is 39.5 Å². The Morgan fingerprint density at radius 3 is 2.71 bits per heavy atom. The Balaban J connectivity index is 2.04. The molecular formula is C12H15N5O4. The number of hydrogen-bond acceptors (Lipinski definition) is 8. The second-order valence-corrected chi connectivity index (χ2v) is 5.31. The van der Waals surface area contributed by atoms with Crippen molar-refractivity contribution < 1.29 is 15.1 Å². The number of nitrogens with one attached hydrogen (secondary N) is 2. The van der Waals surface area contributed by atoms with Crippen LogP contribution >= 0.6 is 0 Å². The molecule has 4 unspecified atom stereocenters. The molecule has 1 aliphatic carbocycles. The lowest BCUT2D eigenvalue weighted by atomic mass is 9.86. The lowest BCUT2D eigenvalue weighted by Gasteiger charge is -2.41. The van der Waals surface area contributed by atoms with Crippen molar-refractivity contribution in [3.63, 3.8) is 0 Å². The van der Waals surface area contributed by atoms with E-state index < -0.39 is 24.4 Å². The van der Waals surface area contributed by atoms with Gasteiger partial charge in [-0.05, 0) is 25.5 Å². The van der Waals surface area contributed by atoms with Crippen LogP contribution in [-0.2, 0) is 0 Å². The number of aliphatic hydroxyl groups excluding tert-OH is 2. The molecular weight excluding hydrogens is 278 g/mol. The van der Waals surface area contributed by atoms with Crippen LogP contribution in [0.2, 0.25) is 0 Å². The first-order chi connectivity index (χ1) is 9.90. The molecule has 4 atom stereocenters. The van der Waals surface area contributed by atoms with Crippen LogP contribution in [0.4, 0.5) is 0 Å². The first-order valence-electron chi connectivity index (χ1n) is 6.47. The summed E-state index contributed by atoms with van der Waals surface area (Å²) < 4.78 is 0. The zero-order valence-electron chi connectivity index (χ0n) is 11.4. The number of nitro groups is 1. The number of azo groups is 1. The van der Waals surface area contributed by atoms with E-state index in [4.69, 9.17) is 0 Å². The van der Waals surface area contributed by atoms with Gasteiger partial charge < -0.3 is 20.8 Å². The Bertz CT molecular complexity index is 636. The molecule has 2 aliphatic heterocycles. The van der Waals surface area contributed by atoms with Gasteiger partial charge in [0, 0.05) is 16.2 Å². The summed E-state index contributed by atoms with van der Waals surface area (Å²) in [5.41, 5.74) is 2.27. The van der Waals surface area contributed by atoms with Gasteiger partial charge in [-0.15, -0.1) is 5.11 Å². The van der Waals surface area contributed by atoms with Crippen LogP contribution in [0.1, 0.15) is 13.8 Å². The zero-order valence-corrected chi connectivity index (χ0v) is 11.4. The van der Waals surface area contributed by atoms with Gasteiger partial charge in [0.05, 0.1) is 0 Å². The van der Waals surface area contributed by atoms with Crippen LogP contribution < -0.4 is 10.6 Å². The molecule has 3 aliphatic rings. The van der Waals surface area contributed by atoms with Crippen molar-refractivity contribution in [1.29, 1.82) is 0 Å². The quantitative estimate of drug-likeness (QED) is 0.406. The number of rotatable bonds is 1. The Morgan fingerprint density at radius 2 is 2.05 bits per heavy atom. The number of piperazine rings is 1. The van der Waals surface area contributed by atoms with Crippen molar-refractivity contribution in [3.8, 4) is 0 Å². The maximum Gasteiger partial charge on any atom is 0.259 e. The van der Waals surface area contributed by atoms with Gasteiger partial charge in [0.25, 0.3) is 11.9 Å². The van der Waals surface area contributed by atoms with Crippen LogP contribution in [0.25, 0.3) is 0 Å². The molecule has 21 heavy (non-hydrogen) atoms. The Hall–Kier alpha value is -2.42. The van der Waals surface area contributed by atoms with Crippen molar-refractivity contribution in [2.75, 3.05) is 0 Å². The van der Waals surface area contributed by atoms with E-state index in [0.29, 0.717) is 11.3 Å². The summed E-state index contributed by atoms with van der Waals surface area (Å²) in [6.45, 7) is 3.52. The van der Waals surface area contributed by atoms with Gasteiger partial charge in [0.15, 0.2) is 6.23 Å². The minimum atomic E-state index is -1.16. The van der Waals surface area contributed by atoms with E-state index in [1.54, 1.807) is 19.9 Å². The topological polar surface area (TPSA) is 132 Å². The molecule has 2 heterocycles. The van der Waals surface area contributed by atoms with E-state index in [-0.39, 0.29) is 16.5 Å². The highest BCUT2D eigenvalue weighted by atomic mass is 16.6. The molecule has 0 spiro atoms. The van der Waals surface area contributed by atoms with Gasteiger partial charge in [0.2, 0.25) is 0 Å². The van der Waals surface area contributed by atoms with E-state index in [2.05, 4.69) is 20.9 Å². The SMILES string of the molecule is CC1=C(C)C([N+](=O)[O-])C2NC3=C(O)N=NC(O)C3NC2=C1. The summed E-state index contributed by atoms with van der Waals surface area (Å²) in [4.78, 5) is 11.0. The van der Waals surface area contributed by atoms with Crippen LogP contribution in [0.3, 0.4) is 0 Å². The molecule has 0 bridgehead atoms. The maximum atomic E-state index is 11.4. The minimum Gasteiger partial charge on any atom is -0.491 e. The normalized spacial score (nSPS) is 34.5. The molecule has 0 amide bonds. The van der Waals surface area contributed by atoms with Gasteiger partial charge in [-0.2, -0.15) is 5.11 Å². The molecule has 4 N–H and O–H groups in total. The van der Waals surface area contributed by atoms with Gasteiger partial charge in [0.1, 0.15) is 17.8 Å². The lowest BCUT2D eigenvalue weighted by molar-refractivity contribution is -0.515. The van der Waals surface area contributed by atoms with E-state index in [1.165, 1.54) is 0 Å². The Labute approximate surface area is 119 Å². The number of nitrogens with zero attached hydrogens (tertiary/aromatic N) is 3. The van der Waals surface area contributed by atoms with E-state index >= 15 is 0 Å². The molecule has 3 rings (SSSR count). The standard InChI is InChI=1S/C12H15N5O4/c1-4-3-6-7(10(5(4)2)17(20)21)14-9-8(13-6)11(18)15-16-12(9)19/h3,7-8,10-11,13-14,18-19H,1-2H3. The number of allylic oxidation sites excluding steroid dienone is 2. The van der Waals surface area contributed by atoms with Crippen molar-refractivity contribution in [3.05, 3.63) is 44.6 Å².